The SMILES string of the molecule is CC1(C)c2cccc(-c3c(-c4nc(-c5ccccc5)nc(-c5ccccc5)n4)c4ccccc4c4ccccc34)c2-c2ccc3ccccc3c21. The molecule has 0 fully saturated rings. The predicted molar refractivity (Wildman–Crippen MR) is 212 cm³/mol. The number of rotatable bonds is 4. The van der Waals surface area contributed by atoms with Crippen molar-refractivity contribution in [3.8, 4) is 56.4 Å². The second-order valence-electron chi connectivity index (χ2n) is 13.9. The summed E-state index contributed by atoms with van der Waals surface area (Å²) >= 11 is 0. The Bertz CT molecular complexity index is 2760. The molecule has 1 heterocycles. The Hall–Kier alpha value is -6.45. The van der Waals surface area contributed by atoms with E-state index in [9.17, 15) is 0 Å². The second kappa shape index (κ2) is 11.3. The summed E-state index contributed by atoms with van der Waals surface area (Å²) in [6, 6.07) is 58.2. The zero-order valence-corrected chi connectivity index (χ0v) is 28.4. The Labute approximate surface area is 297 Å². The fraction of sp³-hybridized carbons (Fsp3) is 0.0625. The minimum absolute atomic E-state index is 0.192. The monoisotopic (exact) mass is 651 g/mol. The molecular formula is C48H33N3. The molecule has 51 heavy (non-hydrogen) atoms. The normalized spacial score (nSPS) is 13.1. The Morgan fingerprint density at radius 3 is 1.49 bits per heavy atom. The first-order chi connectivity index (χ1) is 25.1. The largest absolute Gasteiger partial charge is 0.208 e. The molecule has 0 aliphatic heterocycles. The molecule has 0 N–H and O–H groups in total. The van der Waals surface area contributed by atoms with Gasteiger partial charge < -0.3 is 0 Å². The molecule has 0 bridgehead atoms. The van der Waals surface area contributed by atoms with Gasteiger partial charge in [0.25, 0.3) is 0 Å². The molecule has 10 rings (SSSR count). The van der Waals surface area contributed by atoms with Crippen LogP contribution in [0.15, 0.2) is 164 Å². The summed E-state index contributed by atoms with van der Waals surface area (Å²) in [5.41, 5.74) is 10.3. The fourth-order valence-electron chi connectivity index (χ4n) is 8.43. The molecule has 0 amide bonds. The maximum absolute atomic E-state index is 5.33. The van der Waals surface area contributed by atoms with E-state index < -0.39 is 0 Å². The molecule has 8 aromatic carbocycles. The van der Waals surface area contributed by atoms with Crippen molar-refractivity contribution in [3.05, 3.63) is 175 Å². The van der Waals surface area contributed by atoms with E-state index >= 15 is 0 Å². The Morgan fingerprint density at radius 2 is 0.863 bits per heavy atom. The quantitative estimate of drug-likeness (QED) is 0.178. The molecule has 0 unspecified atom stereocenters. The van der Waals surface area contributed by atoms with Crippen LogP contribution in [0, 0.1) is 0 Å². The van der Waals surface area contributed by atoms with Gasteiger partial charge in [-0.15, -0.1) is 0 Å². The lowest BCUT2D eigenvalue weighted by atomic mass is 9.79. The summed E-state index contributed by atoms with van der Waals surface area (Å²) in [6.07, 6.45) is 0. The van der Waals surface area contributed by atoms with Crippen LogP contribution in [0.25, 0.3) is 88.7 Å². The maximum atomic E-state index is 5.33. The highest BCUT2D eigenvalue weighted by atomic mass is 15.0. The van der Waals surface area contributed by atoms with E-state index in [-0.39, 0.29) is 5.41 Å². The Kier molecular flexibility index (Phi) is 6.53. The first-order valence-electron chi connectivity index (χ1n) is 17.5. The molecule has 0 saturated heterocycles. The summed E-state index contributed by atoms with van der Waals surface area (Å²) in [6.45, 7) is 4.75. The van der Waals surface area contributed by atoms with Gasteiger partial charge in [-0.2, -0.15) is 0 Å². The highest BCUT2D eigenvalue weighted by Gasteiger charge is 2.39. The van der Waals surface area contributed by atoms with Crippen LogP contribution in [0.3, 0.4) is 0 Å². The molecule has 3 heteroatoms. The molecule has 1 aromatic heterocycles. The third kappa shape index (κ3) is 4.48. The van der Waals surface area contributed by atoms with Crippen LogP contribution >= 0.6 is 0 Å². The third-order valence-electron chi connectivity index (χ3n) is 10.7. The summed E-state index contributed by atoms with van der Waals surface area (Å²) in [7, 11) is 0. The topological polar surface area (TPSA) is 38.7 Å². The van der Waals surface area contributed by atoms with Gasteiger partial charge in [-0.05, 0) is 60.1 Å². The number of hydrogen-bond donors (Lipinski definition) is 0. The van der Waals surface area contributed by atoms with Gasteiger partial charge in [0, 0.05) is 27.7 Å². The average Bonchev–Trinajstić information content (AvgIpc) is 3.44. The number of fused-ring (bicyclic) bond motifs is 8. The fourth-order valence-corrected chi connectivity index (χ4v) is 8.43. The van der Waals surface area contributed by atoms with Gasteiger partial charge in [0.1, 0.15) is 0 Å². The zero-order chi connectivity index (χ0) is 34.1. The van der Waals surface area contributed by atoms with Gasteiger partial charge in [0.2, 0.25) is 0 Å². The molecule has 9 aromatic rings. The van der Waals surface area contributed by atoms with E-state index in [1.807, 2.05) is 36.4 Å². The predicted octanol–water partition coefficient (Wildman–Crippen LogP) is 12.3. The van der Waals surface area contributed by atoms with Gasteiger partial charge >= 0.3 is 0 Å². The van der Waals surface area contributed by atoms with E-state index in [1.165, 1.54) is 54.7 Å². The Balaban J connectivity index is 1.37. The lowest BCUT2D eigenvalue weighted by molar-refractivity contribution is 0.666. The summed E-state index contributed by atoms with van der Waals surface area (Å²) in [5, 5.41) is 7.25. The van der Waals surface area contributed by atoms with Crippen LogP contribution in [0.2, 0.25) is 0 Å². The lowest BCUT2D eigenvalue weighted by Gasteiger charge is -2.24. The highest BCUT2D eigenvalue weighted by molar-refractivity contribution is 6.22. The van der Waals surface area contributed by atoms with Gasteiger partial charge in [-0.25, -0.2) is 15.0 Å². The molecule has 0 atom stereocenters. The highest BCUT2D eigenvalue weighted by Crippen LogP contribution is 2.56. The van der Waals surface area contributed by atoms with Crippen molar-refractivity contribution in [1.29, 1.82) is 0 Å². The first-order valence-corrected chi connectivity index (χ1v) is 17.5. The molecule has 3 nitrogen and oxygen atoms in total. The van der Waals surface area contributed by atoms with E-state index in [4.69, 9.17) is 15.0 Å². The van der Waals surface area contributed by atoms with Crippen molar-refractivity contribution in [3.63, 3.8) is 0 Å². The summed E-state index contributed by atoms with van der Waals surface area (Å²) in [4.78, 5) is 15.7. The molecule has 0 radical (unpaired) electrons. The molecule has 0 saturated carbocycles. The van der Waals surface area contributed by atoms with Crippen molar-refractivity contribution in [1.82, 2.24) is 15.0 Å². The minimum Gasteiger partial charge on any atom is -0.208 e. The molecule has 0 spiro atoms. The lowest BCUT2D eigenvalue weighted by Crippen LogP contribution is -2.15. The van der Waals surface area contributed by atoms with Crippen LogP contribution in [0.4, 0.5) is 0 Å². The smallest absolute Gasteiger partial charge is 0.165 e. The van der Waals surface area contributed by atoms with E-state index in [2.05, 4.69) is 141 Å². The van der Waals surface area contributed by atoms with Crippen LogP contribution in [-0.2, 0) is 5.41 Å². The van der Waals surface area contributed by atoms with Crippen molar-refractivity contribution in [2.45, 2.75) is 19.3 Å². The van der Waals surface area contributed by atoms with Gasteiger partial charge in [0.05, 0.1) is 0 Å². The van der Waals surface area contributed by atoms with Gasteiger partial charge in [0.15, 0.2) is 17.5 Å². The van der Waals surface area contributed by atoms with Crippen molar-refractivity contribution >= 4 is 32.3 Å². The number of hydrogen-bond acceptors (Lipinski definition) is 3. The van der Waals surface area contributed by atoms with E-state index in [1.54, 1.807) is 0 Å². The average molecular weight is 652 g/mol. The van der Waals surface area contributed by atoms with Crippen LogP contribution in [0.1, 0.15) is 25.0 Å². The van der Waals surface area contributed by atoms with Gasteiger partial charge in [-0.3, -0.25) is 0 Å². The summed E-state index contributed by atoms with van der Waals surface area (Å²) in [5.74, 6) is 1.96. The summed E-state index contributed by atoms with van der Waals surface area (Å²) < 4.78 is 0. The second-order valence-corrected chi connectivity index (χ2v) is 13.9. The third-order valence-corrected chi connectivity index (χ3v) is 10.7. The van der Waals surface area contributed by atoms with Crippen molar-refractivity contribution < 1.29 is 0 Å². The van der Waals surface area contributed by atoms with Crippen LogP contribution < -0.4 is 0 Å². The minimum atomic E-state index is -0.192. The number of aromatic nitrogens is 3. The molecular weight excluding hydrogens is 619 g/mol. The maximum Gasteiger partial charge on any atom is 0.165 e. The Morgan fingerprint density at radius 1 is 0.353 bits per heavy atom. The van der Waals surface area contributed by atoms with Crippen LogP contribution in [-0.4, -0.2) is 15.0 Å². The number of nitrogens with zero attached hydrogens (tertiary/aromatic N) is 3. The van der Waals surface area contributed by atoms with E-state index in [0.717, 1.165) is 27.6 Å². The first kappa shape index (κ1) is 29.5. The van der Waals surface area contributed by atoms with Crippen molar-refractivity contribution in [2.75, 3.05) is 0 Å². The van der Waals surface area contributed by atoms with Crippen molar-refractivity contribution in [2.24, 2.45) is 0 Å². The number of benzene rings is 8. The zero-order valence-electron chi connectivity index (χ0n) is 28.4. The molecule has 1 aliphatic rings. The van der Waals surface area contributed by atoms with Gasteiger partial charge in [-0.1, -0.05) is 178 Å². The standard InChI is InChI=1S/C48H33N3/c1-48(2)40-27-15-26-38(41(40)39-29-28-30-16-9-10-21-33(30)44(39)48)42-36-24-13-11-22-34(36)35-23-12-14-25-37(35)43(42)47-50-45(31-17-5-3-6-18-31)49-46(51-47)32-19-7-4-8-20-32/h3-29H,1-2H3. The molecule has 240 valence electrons. The molecule has 1 aliphatic carbocycles. The van der Waals surface area contributed by atoms with E-state index in [0.29, 0.717) is 17.5 Å². The van der Waals surface area contributed by atoms with Crippen LogP contribution in [0.5, 0.6) is 0 Å².